The predicted molar refractivity (Wildman–Crippen MR) is 72.2 cm³/mol. The van der Waals surface area contributed by atoms with Crippen LogP contribution in [0.15, 0.2) is 0 Å². The van der Waals surface area contributed by atoms with Crippen molar-refractivity contribution in [3.8, 4) is 0 Å². The molecule has 1 heterocycles. The number of amides is 1. The van der Waals surface area contributed by atoms with Gasteiger partial charge in [0.05, 0.1) is 10.7 Å². The molecule has 4 nitrogen and oxygen atoms in total. The van der Waals surface area contributed by atoms with Crippen LogP contribution in [0.1, 0.15) is 57.0 Å². The predicted octanol–water partition coefficient (Wildman–Crippen LogP) is 3.52. The number of aromatic nitrogens is 2. The summed E-state index contributed by atoms with van der Waals surface area (Å²) in [5.74, 6) is -0.421. The van der Waals surface area contributed by atoms with E-state index < -0.39 is 17.9 Å². The summed E-state index contributed by atoms with van der Waals surface area (Å²) in [6.07, 6.45) is -3.09. The molecule has 0 aromatic carbocycles. The van der Waals surface area contributed by atoms with E-state index in [0.29, 0.717) is 5.69 Å². The second kappa shape index (κ2) is 5.51. The molecule has 1 aromatic rings. The highest BCUT2D eigenvalue weighted by Gasteiger charge is 2.43. The van der Waals surface area contributed by atoms with Gasteiger partial charge in [0.15, 0.2) is 5.69 Å². The average Bonchev–Trinajstić information content (AvgIpc) is 3.09. The first kappa shape index (κ1) is 16.1. The smallest absolute Gasteiger partial charge is 0.352 e. The highest BCUT2D eigenvalue weighted by atomic mass is 35.5. The largest absolute Gasteiger partial charge is 0.436 e. The highest BCUT2D eigenvalue weighted by Crippen LogP contribution is 2.47. The molecule has 1 amide bonds. The van der Waals surface area contributed by atoms with E-state index in [2.05, 4.69) is 10.4 Å². The van der Waals surface area contributed by atoms with E-state index in [9.17, 15) is 18.0 Å². The summed E-state index contributed by atoms with van der Waals surface area (Å²) in [7, 11) is 0. The van der Waals surface area contributed by atoms with Crippen molar-refractivity contribution in [1.82, 2.24) is 15.1 Å². The fourth-order valence-corrected chi connectivity index (χ4v) is 2.53. The van der Waals surface area contributed by atoms with Gasteiger partial charge in [-0.25, -0.2) is 0 Å². The Balaban J connectivity index is 2.40. The van der Waals surface area contributed by atoms with Crippen molar-refractivity contribution in [3.63, 3.8) is 0 Å². The summed E-state index contributed by atoms with van der Waals surface area (Å²) in [4.78, 5) is 12.0. The van der Waals surface area contributed by atoms with E-state index in [1.807, 2.05) is 0 Å². The Morgan fingerprint density at radius 3 is 2.38 bits per heavy atom. The van der Waals surface area contributed by atoms with Crippen molar-refractivity contribution in [2.24, 2.45) is 0 Å². The standard InChI is InChI=1S/C13H17ClF3N3O/c1-6(2)18-12(21)7(3)20-10(8-4-5-8)9(14)11(19-20)13(15,16)17/h6-8H,4-5H2,1-3H3,(H,18,21)/t7-/m1/s1. The van der Waals surface area contributed by atoms with Crippen LogP contribution in [-0.2, 0) is 11.0 Å². The van der Waals surface area contributed by atoms with Gasteiger partial charge in [-0.2, -0.15) is 18.3 Å². The molecule has 0 saturated heterocycles. The van der Waals surface area contributed by atoms with Crippen molar-refractivity contribution in [2.45, 2.75) is 57.8 Å². The summed E-state index contributed by atoms with van der Waals surface area (Å²) in [5, 5.41) is 5.86. The zero-order chi connectivity index (χ0) is 15.9. The molecular weight excluding hydrogens is 307 g/mol. The van der Waals surface area contributed by atoms with Crippen molar-refractivity contribution in [2.75, 3.05) is 0 Å². The van der Waals surface area contributed by atoms with Crippen LogP contribution < -0.4 is 5.32 Å². The lowest BCUT2D eigenvalue weighted by Crippen LogP contribution is -2.36. The number of hydrogen-bond acceptors (Lipinski definition) is 2. The number of carbonyl (C=O) groups is 1. The van der Waals surface area contributed by atoms with Gasteiger partial charge in [-0.1, -0.05) is 11.6 Å². The summed E-state index contributed by atoms with van der Waals surface area (Å²) >= 11 is 5.87. The Kier molecular flexibility index (Phi) is 4.24. The maximum atomic E-state index is 12.9. The molecule has 2 rings (SSSR count). The molecule has 0 radical (unpaired) electrons. The second-order valence-electron chi connectivity index (χ2n) is 5.60. The second-order valence-corrected chi connectivity index (χ2v) is 5.98. The van der Waals surface area contributed by atoms with Crippen LogP contribution in [0.5, 0.6) is 0 Å². The van der Waals surface area contributed by atoms with Crippen LogP contribution >= 0.6 is 11.6 Å². The molecule has 1 aliphatic rings. The van der Waals surface area contributed by atoms with Crippen LogP contribution in [0.2, 0.25) is 5.02 Å². The normalized spacial score (nSPS) is 17.1. The molecule has 1 aromatic heterocycles. The first-order valence-electron chi connectivity index (χ1n) is 6.78. The number of alkyl halides is 3. The van der Waals surface area contributed by atoms with Gasteiger partial charge in [-0.05, 0) is 33.6 Å². The monoisotopic (exact) mass is 323 g/mol. The van der Waals surface area contributed by atoms with Crippen molar-refractivity contribution >= 4 is 17.5 Å². The number of halogens is 4. The minimum absolute atomic E-state index is 0.0459. The van der Waals surface area contributed by atoms with E-state index in [1.54, 1.807) is 13.8 Å². The van der Waals surface area contributed by atoms with Crippen LogP contribution in [0.4, 0.5) is 13.2 Å². The van der Waals surface area contributed by atoms with Gasteiger partial charge < -0.3 is 5.32 Å². The number of nitrogens with zero attached hydrogens (tertiary/aromatic N) is 2. The molecule has 21 heavy (non-hydrogen) atoms. The Morgan fingerprint density at radius 2 is 1.95 bits per heavy atom. The summed E-state index contributed by atoms with van der Waals surface area (Å²) in [6, 6.07) is -0.936. The van der Waals surface area contributed by atoms with Gasteiger partial charge in [-0.3, -0.25) is 9.48 Å². The maximum absolute atomic E-state index is 12.9. The molecule has 1 fully saturated rings. The molecule has 1 aliphatic carbocycles. The molecule has 0 spiro atoms. The van der Waals surface area contributed by atoms with Gasteiger partial charge in [0.1, 0.15) is 6.04 Å². The van der Waals surface area contributed by atoms with Gasteiger partial charge in [-0.15, -0.1) is 0 Å². The minimum Gasteiger partial charge on any atom is -0.352 e. The topological polar surface area (TPSA) is 46.9 Å². The molecule has 0 bridgehead atoms. The number of nitrogens with one attached hydrogen (secondary N) is 1. The third kappa shape index (κ3) is 3.33. The average molecular weight is 324 g/mol. The third-order valence-corrected chi connectivity index (χ3v) is 3.67. The fraction of sp³-hybridized carbons (Fsp3) is 0.692. The van der Waals surface area contributed by atoms with Crippen LogP contribution in [0, 0.1) is 0 Å². The quantitative estimate of drug-likeness (QED) is 0.921. The molecular formula is C13H17ClF3N3O. The number of rotatable bonds is 4. The van der Waals surface area contributed by atoms with Gasteiger partial charge in [0.2, 0.25) is 5.91 Å². The molecule has 0 unspecified atom stereocenters. The highest BCUT2D eigenvalue weighted by molar-refractivity contribution is 6.32. The number of carbonyl (C=O) groups excluding carboxylic acids is 1. The Hall–Kier alpha value is -1.24. The zero-order valence-corrected chi connectivity index (χ0v) is 12.7. The van der Waals surface area contributed by atoms with E-state index in [-0.39, 0.29) is 22.9 Å². The van der Waals surface area contributed by atoms with E-state index in [1.165, 1.54) is 6.92 Å². The van der Waals surface area contributed by atoms with Crippen LogP contribution in [0.25, 0.3) is 0 Å². The van der Waals surface area contributed by atoms with Gasteiger partial charge in [0.25, 0.3) is 0 Å². The maximum Gasteiger partial charge on any atom is 0.436 e. The molecule has 1 atom stereocenters. The summed E-state index contributed by atoms with van der Waals surface area (Å²) in [6.45, 7) is 5.08. The first-order valence-corrected chi connectivity index (χ1v) is 7.16. The van der Waals surface area contributed by atoms with Crippen LogP contribution in [-0.4, -0.2) is 21.7 Å². The van der Waals surface area contributed by atoms with Gasteiger partial charge in [0, 0.05) is 12.0 Å². The Labute approximate surface area is 125 Å². The fourth-order valence-electron chi connectivity index (χ4n) is 2.14. The lowest BCUT2D eigenvalue weighted by Gasteiger charge is -2.17. The van der Waals surface area contributed by atoms with Crippen molar-refractivity contribution in [1.29, 1.82) is 0 Å². The SMILES string of the molecule is CC(C)NC(=O)[C@@H](C)n1nc(C(F)(F)F)c(Cl)c1C1CC1. The lowest BCUT2D eigenvalue weighted by molar-refractivity contribution is -0.141. The molecule has 0 aliphatic heterocycles. The number of hydrogen-bond donors (Lipinski definition) is 1. The van der Waals surface area contributed by atoms with E-state index in [0.717, 1.165) is 17.5 Å². The molecule has 8 heteroatoms. The molecule has 1 N–H and O–H groups in total. The zero-order valence-electron chi connectivity index (χ0n) is 12.0. The molecule has 1 saturated carbocycles. The van der Waals surface area contributed by atoms with E-state index in [4.69, 9.17) is 11.6 Å². The third-order valence-electron chi connectivity index (χ3n) is 3.30. The minimum atomic E-state index is -4.62. The van der Waals surface area contributed by atoms with Crippen LogP contribution in [0.3, 0.4) is 0 Å². The first-order chi connectivity index (χ1) is 9.62. The van der Waals surface area contributed by atoms with E-state index >= 15 is 0 Å². The Morgan fingerprint density at radius 1 is 1.38 bits per heavy atom. The Bertz CT molecular complexity index is 550. The van der Waals surface area contributed by atoms with Gasteiger partial charge >= 0.3 is 6.18 Å². The summed E-state index contributed by atoms with van der Waals surface area (Å²) < 4.78 is 39.9. The summed E-state index contributed by atoms with van der Waals surface area (Å²) in [5.41, 5.74) is -0.800. The van der Waals surface area contributed by atoms with Crippen molar-refractivity contribution in [3.05, 3.63) is 16.4 Å². The molecule has 118 valence electrons. The van der Waals surface area contributed by atoms with Crippen molar-refractivity contribution < 1.29 is 18.0 Å². The lowest BCUT2D eigenvalue weighted by atomic mass is 10.2.